The smallest absolute Gasteiger partial charge is 0.338 e. The molecule has 2 rings (SSSR count). The Kier molecular flexibility index (Phi) is 4.50. The van der Waals surface area contributed by atoms with Crippen molar-refractivity contribution in [2.24, 2.45) is 0 Å². The molecular formula is C14H19FN2O2. The average molecular weight is 266 g/mol. The van der Waals surface area contributed by atoms with E-state index in [1.807, 2.05) is 0 Å². The van der Waals surface area contributed by atoms with Crippen LogP contribution in [0.5, 0.6) is 0 Å². The van der Waals surface area contributed by atoms with Crippen LogP contribution in [0.2, 0.25) is 0 Å². The minimum absolute atomic E-state index is 0.264. The van der Waals surface area contributed by atoms with Gasteiger partial charge in [-0.05, 0) is 44.3 Å². The molecular weight excluding hydrogens is 247 g/mol. The molecule has 1 N–H and O–H groups in total. The number of hydrogen-bond acceptors (Lipinski definition) is 3. The molecule has 19 heavy (non-hydrogen) atoms. The first kappa shape index (κ1) is 14.0. The van der Waals surface area contributed by atoms with Crippen LogP contribution in [0, 0.1) is 5.82 Å². The second kappa shape index (κ2) is 6.12. The molecule has 1 aromatic rings. The van der Waals surface area contributed by atoms with Crippen molar-refractivity contribution in [3.8, 4) is 0 Å². The van der Waals surface area contributed by atoms with Crippen molar-refractivity contribution >= 4 is 5.97 Å². The maximum atomic E-state index is 13.6. The molecule has 0 radical (unpaired) electrons. The van der Waals surface area contributed by atoms with Crippen molar-refractivity contribution < 1.29 is 14.3 Å². The zero-order valence-corrected chi connectivity index (χ0v) is 11.1. The molecule has 1 heterocycles. The lowest BCUT2D eigenvalue weighted by Crippen LogP contribution is -2.28. The number of aromatic carboxylic acids is 1. The van der Waals surface area contributed by atoms with Gasteiger partial charge in [0.2, 0.25) is 0 Å². The zero-order valence-electron chi connectivity index (χ0n) is 11.1. The number of nitrogens with zero attached hydrogens (tertiary/aromatic N) is 2. The topological polar surface area (TPSA) is 43.8 Å². The molecule has 1 saturated heterocycles. The van der Waals surface area contributed by atoms with E-state index in [2.05, 4.69) is 16.8 Å². The molecule has 0 atom stereocenters. The van der Waals surface area contributed by atoms with E-state index in [-0.39, 0.29) is 5.56 Å². The van der Waals surface area contributed by atoms with E-state index in [9.17, 15) is 9.18 Å². The molecule has 104 valence electrons. The van der Waals surface area contributed by atoms with Gasteiger partial charge in [0, 0.05) is 19.6 Å². The van der Waals surface area contributed by atoms with Gasteiger partial charge in [0.25, 0.3) is 0 Å². The van der Waals surface area contributed by atoms with Gasteiger partial charge in [0.05, 0.1) is 5.56 Å². The number of carboxylic acids is 1. The number of hydrogen-bond donors (Lipinski definition) is 1. The molecule has 0 amide bonds. The van der Waals surface area contributed by atoms with Crippen LogP contribution in [0.15, 0.2) is 18.2 Å². The van der Waals surface area contributed by atoms with Crippen molar-refractivity contribution in [2.45, 2.75) is 13.0 Å². The van der Waals surface area contributed by atoms with Gasteiger partial charge in [-0.3, -0.25) is 4.90 Å². The second-order valence-electron chi connectivity index (χ2n) is 5.05. The van der Waals surface area contributed by atoms with Gasteiger partial charge in [-0.1, -0.05) is 6.07 Å². The van der Waals surface area contributed by atoms with E-state index in [1.165, 1.54) is 12.1 Å². The Morgan fingerprint density at radius 3 is 2.79 bits per heavy atom. The number of benzene rings is 1. The maximum Gasteiger partial charge on any atom is 0.338 e. The standard InChI is InChI=1S/C14H19FN2O2/c1-16-5-2-6-17(8-7-16)10-11-3-4-12(14(18)19)13(15)9-11/h3-4,9H,2,5-8,10H2,1H3,(H,18,19). The van der Waals surface area contributed by atoms with Crippen LogP contribution in [0.4, 0.5) is 4.39 Å². The maximum absolute atomic E-state index is 13.6. The van der Waals surface area contributed by atoms with Gasteiger partial charge in [0.1, 0.15) is 5.82 Å². The molecule has 1 aromatic carbocycles. The average Bonchev–Trinajstić information content (AvgIpc) is 2.54. The predicted octanol–water partition coefficient (Wildman–Crippen LogP) is 1.66. The van der Waals surface area contributed by atoms with Gasteiger partial charge in [-0.25, -0.2) is 9.18 Å². The van der Waals surface area contributed by atoms with Crippen LogP contribution < -0.4 is 0 Å². The molecule has 0 bridgehead atoms. The quantitative estimate of drug-likeness (QED) is 0.903. The molecule has 1 fully saturated rings. The summed E-state index contributed by atoms with van der Waals surface area (Å²) in [5, 5.41) is 8.79. The van der Waals surface area contributed by atoms with E-state index in [0.717, 1.165) is 38.2 Å². The fourth-order valence-electron chi connectivity index (χ4n) is 2.35. The lowest BCUT2D eigenvalue weighted by atomic mass is 10.1. The third kappa shape index (κ3) is 3.75. The van der Waals surface area contributed by atoms with Crippen LogP contribution in [-0.4, -0.2) is 54.1 Å². The van der Waals surface area contributed by atoms with Crippen molar-refractivity contribution in [3.63, 3.8) is 0 Å². The number of rotatable bonds is 3. The van der Waals surface area contributed by atoms with Gasteiger partial charge in [0.15, 0.2) is 0 Å². The van der Waals surface area contributed by atoms with E-state index in [0.29, 0.717) is 6.54 Å². The normalized spacial score (nSPS) is 18.2. The molecule has 4 nitrogen and oxygen atoms in total. The largest absolute Gasteiger partial charge is 0.478 e. The molecule has 5 heteroatoms. The molecule has 0 unspecified atom stereocenters. The van der Waals surface area contributed by atoms with Crippen molar-refractivity contribution in [2.75, 3.05) is 33.2 Å². The van der Waals surface area contributed by atoms with Crippen molar-refractivity contribution in [1.29, 1.82) is 0 Å². The van der Waals surface area contributed by atoms with Gasteiger partial charge in [-0.15, -0.1) is 0 Å². The highest BCUT2D eigenvalue weighted by atomic mass is 19.1. The summed E-state index contributed by atoms with van der Waals surface area (Å²) in [6.07, 6.45) is 1.10. The van der Waals surface area contributed by atoms with E-state index < -0.39 is 11.8 Å². The Hall–Kier alpha value is -1.46. The fourth-order valence-corrected chi connectivity index (χ4v) is 2.35. The number of carboxylic acid groups (broad SMARTS) is 1. The molecule has 0 aliphatic carbocycles. The van der Waals surface area contributed by atoms with Crippen LogP contribution in [0.3, 0.4) is 0 Å². The zero-order chi connectivity index (χ0) is 13.8. The van der Waals surface area contributed by atoms with E-state index >= 15 is 0 Å². The fraction of sp³-hybridized carbons (Fsp3) is 0.500. The highest BCUT2D eigenvalue weighted by Crippen LogP contribution is 2.13. The summed E-state index contributed by atoms with van der Waals surface area (Å²) in [4.78, 5) is 15.3. The SMILES string of the molecule is CN1CCCN(Cc2ccc(C(=O)O)c(F)c2)CC1. The van der Waals surface area contributed by atoms with Crippen LogP contribution >= 0.6 is 0 Å². The van der Waals surface area contributed by atoms with Gasteiger partial charge in [-0.2, -0.15) is 0 Å². The van der Waals surface area contributed by atoms with Crippen LogP contribution in [0.1, 0.15) is 22.3 Å². The number of likely N-dealkylation sites (N-methyl/N-ethyl adjacent to an activating group) is 1. The molecule has 1 aliphatic rings. The van der Waals surface area contributed by atoms with Gasteiger partial charge >= 0.3 is 5.97 Å². The number of carbonyl (C=O) groups is 1. The van der Waals surface area contributed by atoms with Crippen LogP contribution in [-0.2, 0) is 6.54 Å². The Morgan fingerprint density at radius 2 is 2.11 bits per heavy atom. The van der Waals surface area contributed by atoms with Gasteiger partial charge < -0.3 is 10.0 Å². The Balaban J connectivity index is 2.03. The molecule has 0 saturated carbocycles. The summed E-state index contributed by atoms with van der Waals surface area (Å²) in [5.74, 6) is -1.88. The van der Waals surface area contributed by atoms with E-state index in [4.69, 9.17) is 5.11 Å². The highest BCUT2D eigenvalue weighted by Gasteiger charge is 2.14. The first-order chi connectivity index (χ1) is 9.06. The molecule has 0 aromatic heterocycles. The van der Waals surface area contributed by atoms with Crippen molar-refractivity contribution in [1.82, 2.24) is 9.80 Å². The van der Waals surface area contributed by atoms with E-state index in [1.54, 1.807) is 6.07 Å². The Morgan fingerprint density at radius 1 is 1.32 bits per heavy atom. The number of halogens is 1. The molecule has 1 aliphatic heterocycles. The Labute approximate surface area is 112 Å². The second-order valence-corrected chi connectivity index (χ2v) is 5.05. The lowest BCUT2D eigenvalue weighted by molar-refractivity contribution is 0.0692. The summed E-state index contributed by atoms with van der Waals surface area (Å²) in [6, 6.07) is 4.37. The lowest BCUT2D eigenvalue weighted by Gasteiger charge is -2.20. The van der Waals surface area contributed by atoms with Crippen LogP contribution in [0.25, 0.3) is 0 Å². The summed E-state index contributed by atoms with van der Waals surface area (Å²) in [5.41, 5.74) is 0.561. The predicted molar refractivity (Wildman–Crippen MR) is 70.8 cm³/mol. The highest BCUT2D eigenvalue weighted by molar-refractivity contribution is 5.87. The third-order valence-electron chi connectivity index (χ3n) is 3.48. The van der Waals surface area contributed by atoms with Crippen molar-refractivity contribution in [3.05, 3.63) is 35.1 Å². The minimum atomic E-state index is -1.22. The summed E-state index contributed by atoms with van der Waals surface area (Å²) in [7, 11) is 2.10. The summed E-state index contributed by atoms with van der Waals surface area (Å²) in [6.45, 7) is 4.72. The minimum Gasteiger partial charge on any atom is -0.478 e. The third-order valence-corrected chi connectivity index (χ3v) is 3.48. The molecule has 0 spiro atoms. The first-order valence-electron chi connectivity index (χ1n) is 6.49. The monoisotopic (exact) mass is 266 g/mol. The first-order valence-corrected chi connectivity index (χ1v) is 6.49. The summed E-state index contributed by atoms with van der Waals surface area (Å²) < 4.78 is 13.6. The Bertz CT molecular complexity index is 465. The summed E-state index contributed by atoms with van der Waals surface area (Å²) >= 11 is 0.